The van der Waals surface area contributed by atoms with Crippen LogP contribution < -0.4 is 0 Å². The van der Waals surface area contributed by atoms with Crippen LogP contribution >= 0.6 is 0 Å². The van der Waals surface area contributed by atoms with Gasteiger partial charge in [-0.3, -0.25) is 9.48 Å². The number of ether oxygens (including phenoxy) is 1. The first-order valence-electron chi connectivity index (χ1n) is 8.28. The normalized spacial score (nSPS) is 18.3. The Morgan fingerprint density at radius 3 is 2.48 bits per heavy atom. The average Bonchev–Trinajstić information content (AvgIpc) is 2.66. The Labute approximate surface area is 127 Å². The highest BCUT2D eigenvalue weighted by Crippen LogP contribution is 2.32. The van der Waals surface area contributed by atoms with E-state index >= 15 is 0 Å². The van der Waals surface area contributed by atoms with Crippen LogP contribution in [0.25, 0.3) is 0 Å². The summed E-state index contributed by atoms with van der Waals surface area (Å²) in [7, 11) is 0. The molecule has 1 aliphatic rings. The fraction of sp³-hybridized carbons (Fsp3) is 0.765. The molecule has 118 valence electrons. The predicted octanol–water partition coefficient (Wildman–Crippen LogP) is 4.06. The molecule has 4 nitrogen and oxygen atoms in total. The van der Waals surface area contributed by atoms with Crippen LogP contribution in [0.15, 0.2) is 0 Å². The number of aromatic nitrogens is 2. The van der Waals surface area contributed by atoms with Crippen molar-refractivity contribution in [1.29, 1.82) is 0 Å². The van der Waals surface area contributed by atoms with E-state index in [2.05, 4.69) is 11.6 Å². The molecule has 21 heavy (non-hydrogen) atoms. The zero-order valence-corrected chi connectivity index (χ0v) is 13.8. The van der Waals surface area contributed by atoms with Crippen LogP contribution in [0.3, 0.4) is 0 Å². The molecule has 4 heteroatoms. The van der Waals surface area contributed by atoms with Crippen molar-refractivity contribution in [2.24, 2.45) is 0 Å². The van der Waals surface area contributed by atoms with Crippen molar-refractivity contribution < 1.29 is 9.53 Å². The first kappa shape index (κ1) is 16.1. The minimum Gasteiger partial charge on any atom is -0.466 e. The van der Waals surface area contributed by atoms with Gasteiger partial charge in [0.15, 0.2) is 0 Å². The second-order valence-corrected chi connectivity index (χ2v) is 6.15. The van der Waals surface area contributed by atoms with Gasteiger partial charge < -0.3 is 4.74 Å². The summed E-state index contributed by atoms with van der Waals surface area (Å²) in [6, 6.07) is 0.495. The van der Waals surface area contributed by atoms with Crippen LogP contribution in [-0.4, -0.2) is 22.4 Å². The minimum atomic E-state index is -0.232. The maximum Gasteiger partial charge on any atom is 0.313 e. The maximum atomic E-state index is 12.0. The van der Waals surface area contributed by atoms with Gasteiger partial charge in [-0.25, -0.2) is 0 Å². The molecule has 0 bridgehead atoms. The summed E-state index contributed by atoms with van der Waals surface area (Å²) in [5.41, 5.74) is 3.16. The van der Waals surface area contributed by atoms with Gasteiger partial charge in [0.1, 0.15) is 0 Å². The molecule has 1 aliphatic carbocycles. The van der Waals surface area contributed by atoms with Gasteiger partial charge in [-0.2, -0.15) is 5.10 Å². The monoisotopic (exact) mass is 292 g/mol. The van der Waals surface area contributed by atoms with E-state index in [9.17, 15) is 4.79 Å². The van der Waals surface area contributed by atoms with Gasteiger partial charge in [-0.05, 0) is 40.5 Å². The molecule has 1 unspecified atom stereocenters. The first-order valence-corrected chi connectivity index (χ1v) is 8.28. The number of carbonyl (C=O) groups excluding carboxylic acids is 1. The van der Waals surface area contributed by atoms with Crippen molar-refractivity contribution in [3.05, 3.63) is 17.0 Å². The Balaban J connectivity index is 2.26. The van der Waals surface area contributed by atoms with Gasteiger partial charge in [0, 0.05) is 11.3 Å². The van der Waals surface area contributed by atoms with Gasteiger partial charge in [-0.15, -0.1) is 0 Å². The highest BCUT2D eigenvalue weighted by Gasteiger charge is 2.26. The molecule has 1 heterocycles. The Bertz CT molecular complexity index is 485. The topological polar surface area (TPSA) is 44.1 Å². The Morgan fingerprint density at radius 2 is 1.90 bits per heavy atom. The van der Waals surface area contributed by atoms with E-state index in [-0.39, 0.29) is 11.9 Å². The molecule has 0 N–H and O–H groups in total. The molecule has 0 amide bonds. The maximum absolute atomic E-state index is 12.0. The van der Waals surface area contributed by atoms with E-state index in [0.29, 0.717) is 12.6 Å². The molecule has 1 atom stereocenters. The quantitative estimate of drug-likeness (QED) is 0.621. The second-order valence-electron chi connectivity index (χ2n) is 6.15. The van der Waals surface area contributed by atoms with E-state index in [1.54, 1.807) is 0 Å². The Hall–Kier alpha value is -1.32. The minimum absolute atomic E-state index is 0.149. The van der Waals surface area contributed by atoms with E-state index in [4.69, 9.17) is 9.84 Å². The zero-order chi connectivity index (χ0) is 15.4. The highest BCUT2D eigenvalue weighted by molar-refractivity contribution is 5.78. The van der Waals surface area contributed by atoms with Crippen LogP contribution in [0.1, 0.15) is 81.3 Å². The van der Waals surface area contributed by atoms with E-state index in [1.807, 2.05) is 20.8 Å². The summed E-state index contributed by atoms with van der Waals surface area (Å²) >= 11 is 0. The summed E-state index contributed by atoms with van der Waals surface area (Å²) in [5, 5.41) is 4.75. The fourth-order valence-corrected chi connectivity index (χ4v) is 3.55. The molecule has 0 aromatic carbocycles. The summed E-state index contributed by atoms with van der Waals surface area (Å²) in [6.45, 7) is 8.30. The van der Waals surface area contributed by atoms with Gasteiger partial charge in [0.25, 0.3) is 0 Å². The molecule has 1 aromatic rings. The number of carbonyl (C=O) groups is 1. The lowest BCUT2D eigenvalue weighted by Crippen LogP contribution is -2.15. The van der Waals surface area contributed by atoms with Gasteiger partial charge >= 0.3 is 5.97 Å². The molecule has 0 saturated heterocycles. The van der Waals surface area contributed by atoms with Crippen LogP contribution in [-0.2, 0) is 9.53 Å². The van der Waals surface area contributed by atoms with Gasteiger partial charge in [0.05, 0.1) is 24.3 Å². The van der Waals surface area contributed by atoms with Crippen LogP contribution in [0.5, 0.6) is 0 Å². The van der Waals surface area contributed by atoms with Crippen molar-refractivity contribution in [2.45, 2.75) is 78.2 Å². The fourth-order valence-electron chi connectivity index (χ4n) is 3.55. The molecule has 2 rings (SSSR count). The number of hydrogen-bond acceptors (Lipinski definition) is 3. The lowest BCUT2D eigenvalue weighted by molar-refractivity contribution is -0.144. The number of aryl methyl sites for hydroxylation is 1. The molecular formula is C17H28N2O2. The molecule has 0 aliphatic heterocycles. The van der Waals surface area contributed by atoms with Crippen molar-refractivity contribution in [2.75, 3.05) is 6.61 Å². The van der Waals surface area contributed by atoms with Gasteiger partial charge in [0.2, 0.25) is 0 Å². The van der Waals surface area contributed by atoms with Crippen molar-refractivity contribution in [1.82, 2.24) is 9.78 Å². The van der Waals surface area contributed by atoms with Crippen molar-refractivity contribution >= 4 is 5.97 Å². The SMILES string of the molecule is CCOC(=O)C(C)c1c(C)nn(C2CCCCCC2)c1C. The predicted molar refractivity (Wildman–Crippen MR) is 83.5 cm³/mol. The standard InChI is InChI=1S/C17H28N2O2/c1-5-21-17(20)12(2)16-13(3)18-19(14(16)4)15-10-8-6-7-9-11-15/h12,15H,5-11H2,1-4H3. The number of hydrogen-bond donors (Lipinski definition) is 0. The van der Waals surface area contributed by atoms with Crippen molar-refractivity contribution in [3.63, 3.8) is 0 Å². The highest BCUT2D eigenvalue weighted by atomic mass is 16.5. The molecular weight excluding hydrogens is 264 g/mol. The lowest BCUT2D eigenvalue weighted by atomic mass is 9.99. The number of nitrogens with zero attached hydrogens (tertiary/aromatic N) is 2. The Kier molecular flexibility index (Phi) is 5.43. The second kappa shape index (κ2) is 7.10. The summed E-state index contributed by atoms with van der Waals surface area (Å²) in [6.07, 6.45) is 7.64. The first-order chi connectivity index (χ1) is 10.1. The largest absolute Gasteiger partial charge is 0.466 e. The smallest absolute Gasteiger partial charge is 0.313 e. The van der Waals surface area contributed by atoms with Gasteiger partial charge in [-0.1, -0.05) is 25.7 Å². The van der Waals surface area contributed by atoms with Crippen LogP contribution in [0.4, 0.5) is 0 Å². The Morgan fingerprint density at radius 1 is 1.29 bits per heavy atom. The van der Waals surface area contributed by atoms with E-state index in [1.165, 1.54) is 38.5 Å². The van der Waals surface area contributed by atoms with E-state index < -0.39 is 0 Å². The summed E-state index contributed by atoms with van der Waals surface area (Å²) < 4.78 is 7.34. The lowest BCUT2D eigenvalue weighted by Gasteiger charge is -2.18. The average molecular weight is 292 g/mol. The summed E-state index contributed by atoms with van der Waals surface area (Å²) in [4.78, 5) is 12.0. The third-order valence-corrected chi connectivity index (χ3v) is 4.62. The van der Waals surface area contributed by atoms with Crippen LogP contribution in [0.2, 0.25) is 0 Å². The molecule has 1 aromatic heterocycles. The van der Waals surface area contributed by atoms with Crippen LogP contribution in [0, 0.1) is 13.8 Å². The molecule has 1 saturated carbocycles. The molecule has 0 spiro atoms. The molecule has 0 radical (unpaired) electrons. The van der Waals surface area contributed by atoms with E-state index in [0.717, 1.165) is 17.0 Å². The summed E-state index contributed by atoms with van der Waals surface area (Å²) in [5.74, 6) is -0.381. The third kappa shape index (κ3) is 3.47. The zero-order valence-electron chi connectivity index (χ0n) is 13.8. The third-order valence-electron chi connectivity index (χ3n) is 4.62. The molecule has 1 fully saturated rings. The number of esters is 1. The van der Waals surface area contributed by atoms with Crippen molar-refractivity contribution in [3.8, 4) is 0 Å². The number of rotatable bonds is 4.